The van der Waals surface area contributed by atoms with Crippen LogP contribution in [0.4, 0.5) is 5.69 Å². The molecular formula is C30H28N4O3. The van der Waals surface area contributed by atoms with Crippen LogP contribution >= 0.6 is 0 Å². The monoisotopic (exact) mass is 492 g/mol. The second-order valence-corrected chi connectivity index (χ2v) is 9.69. The van der Waals surface area contributed by atoms with Crippen molar-refractivity contribution < 1.29 is 14.3 Å². The molecule has 1 saturated heterocycles. The molecule has 0 saturated carbocycles. The van der Waals surface area contributed by atoms with Crippen molar-refractivity contribution in [2.75, 3.05) is 5.32 Å². The average Bonchev–Trinajstić information content (AvgIpc) is 3.25. The van der Waals surface area contributed by atoms with Gasteiger partial charge in [0.1, 0.15) is 24.2 Å². The Labute approximate surface area is 215 Å². The molecule has 2 amide bonds. The first-order valence-electron chi connectivity index (χ1n) is 12.6. The third-order valence-corrected chi connectivity index (χ3v) is 7.18. The predicted molar refractivity (Wildman–Crippen MR) is 142 cm³/mol. The number of benzene rings is 3. The van der Waals surface area contributed by atoms with E-state index in [1.165, 1.54) is 11.1 Å². The summed E-state index contributed by atoms with van der Waals surface area (Å²) in [4.78, 5) is 31.9. The van der Waals surface area contributed by atoms with Crippen LogP contribution in [0.1, 0.15) is 45.5 Å². The third kappa shape index (κ3) is 4.60. The number of para-hydroxylation sites is 1. The molecule has 1 fully saturated rings. The normalized spacial score (nSPS) is 18.5. The number of rotatable bonds is 6. The lowest BCUT2D eigenvalue weighted by Gasteiger charge is -2.31. The summed E-state index contributed by atoms with van der Waals surface area (Å²) in [5.74, 6) is 1.35. The third-order valence-electron chi connectivity index (χ3n) is 7.18. The van der Waals surface area contributed by atoms with E-state index in [1.807, 2.05) is 24.3 Å². The van der Waals surface area contributed by atoms with E-state index >= 15 is 0 Å². The summed E-state index contributed by atoms with van der Waals surface area (Å²) in [6.07, 6.45) is 2.00. The van der Waals surface area contributed by atoms with E-state index in [4.69, 9.17) is 4.74 Å². The molecule has 2 N–H and O–H groups in total. The summed E-state index contributed by atoms with van der Waals surface area (Å²) in [5.41, 5.74) is 6.69. The van der Waals surface area contributed by atoms with Gasteiger partial charge in [0.25, 0.3) is 5.91 Å². The predicted octanol–water partition coefficient (Wildman–Crippen LogP) is 4.58. The van der Waals surface area contributed by atoms with Crippen molar-refractivity contribution in [1.82, 2.24) is 10.2 Å². The Bertz CT molecular complexity index is 1430. The molecule has 7 heteroatoms. The van der Waals surface area contributed by atoms with Crippen LogP contribution < -0.4 is 15.4 Å². The molecule has 1 atom stereocenters. The summed E-state index contributed by atoms with van der Waals surface area (Å²) >= 11 is 0. The van der Waals surface area contributed by atoms with Gasteiger partial charge in [0.2, 0.25) is 5.91 Å². The molecule has 0 aliphatic carbocycles. The van der Waals surface area contributed by atoms with Crippen LogP contribution in [0.25, 0.3) is 0 Å². The Balaban J connectivity index is 1.09. The number of nitrogens with one attached hydrogen (secondary N) is 2. The molecule has 186 valence electrons. The fourth-order valence-electron chi connectivity index (χ4n) is 5.14. The van der Waals surface area contributed by atoms with Crippen molar-refractivity contribution in [3.05, 3.63) is 107 Å². The topological polar surface area (TPSA) is 83.0 Å². The number of ether oxygens (including phenoxy) is 1. The van der Waals surface area contributed by atoms with Gasteiger partial charge in [-0.25, -0.2) is 0 Å². The number of carbonyl (C=O) groups is 2. The number of piperidine rings is 1. The molecule has 0 spiro atoms. The largest absolute Gasteiger partial charge is 0.489 e. The molecule has 0 aromatic heterocycles. The van der Waals surface area contributed by atoms with Gasteiger partial charge in [0.05, 0.1) is 13.1 Å². The number of fused-ring (bicyclic) bond motifs is 2. The second kappa shape index (κ2) is 9.58. The van der Waals surface area contributed by atoms with Crippen LogP contribution in [-0.4, -0.2) is 28.6 Å². The summed E-state index contributed by atoms with van der Waals surface area (Å²) in [5, 5.41) is 6.21. The zero-order chi connectivity index (χ0) is 25.4. The van der Waals surface area contributed by atoms with Gasteiger partial charge in [0, 0.05) is 28.9 Å². The number of allylic oxidation sites excluding steroid dienone is 1. The zero-order valence-corrected chi connectivity index (χ0v) is 20.5. The number of hydrogen-bond acceptors (Lipinski definition) is 5. The fraction of sp³-hybridized carbons (Fsp3) is 0.233. The zero-order valence-electron chi connectivity index (χ0n) is 20.5. The number of carbonyl (C=O) groups excluding carboxylic acids is 2. The second-order valence-electron chi connectivity index (χ2n) is 9.69. The Morgan fingerprint density at radius 1 is 0.973 bits per heavy atom. The molecule has 1 unspecified atom stereocenters. The Morgan fingerprint density at radius 3 is 2.62 bits per heavy atom. The molecule has 6 rings (SSSR count). The van der Waals surface area contributed by atoms with E-state index in [0.717, 1.165) is 29.1 Å². The molecule has 0 bridgehead atoms. The quantitative estimate of drug-likeness (QED) is 0.528. The van der Waals surface area contributed by atoms with Gasteiger partial charge in [-0.2, -0.15) is 0 Å². The van der Waals surface area contributed by atoms with E-state index in [1.54, 1.807) is 11.0 Å². The SMILES string of the molecule is C=C1CCC(N2Cc3c(OCc4ccc(CC5=NCc6ccccc6N5)cc4)cccc3C2=O)C(=O)N1. The first-order valence-corrected chi connectivity index (χ1v) is 12.6. The van der Waals surface area contributed by atoms with Crippen molar-refractivity contribution in [2.45, 2.75) is 45.0 Å². The fourth-order valence-corrected chi connectivity index (χ4v) is 5.14. The highest BCUT2D eigenvalue weighted by atomic mass is 16.5. The number of anilines is 1. The number of amides is 2. The van der Waals surface area contributed by atoms with Gasteiger partial charge in [-0.1, -0.05) is 55.1 Å². The molecule has 3 aliphatic heterocycles. The minimum atomic E-state index is -0.484. The van der Waals surface area contributed by atoms with Crippen molar-refractivity contribution >= 4 is 23.3 Å². The number of hydrogen-bond donors (Lipinski definition) is 2. The van der Waals surface area contributed by atoms with Crippen molar-refractivity contribution in [3.8, 4) is 5.75 Å². The maximum absolute atomic E-state index is 13.1. The first-order chi connectivity index (χ1) is 18.0. The molecule has 7 nitrogen and oxygen atoms in total. The molecule has 37 heavy (non-hydrogen) atoms. The van der Waals surface area contributed by atoms with Gasteiger partial charge >= 0.3 is 0 Å². The van der Waals surface area contributed by atoms with Crippen LogP contribution in [0.15, 0.2) is 84.0 Å². The van der Waals surface area contributed by atoms with Crippen LogP contribution in [0.3, 0.4) is 0 Å². The summed E-state index contributed by atoms with van der Waals surface area (Å²) in [6, 6.07) is 21.6. The Hall–Kier alpha value is -4.39. The van der Waals surface area contributed by atoms with E-state index in [-0.39, 0.29) is 11.8 Å². The highest BCUT2D eigenvalue weighted by molar-refractivity contribution is 6.02. The minimum absolute atomic E-state index is 0.126. The Morgan fingerprint density at radius 2 is 1.78 bits per heavy atom. The average molecular weight is 493 g/mol. The Kier molecular flexibility index (Phi) is 5.96. The molecule has 3 heterocycles. The first kappa shape index (κ1) is 23.0. The van der Waals surface area contributed by atoms with Gasteiger partial charge in [-0.05, 0) is 47.7 Å². The molecule has 3 aromatic carbocycles. The molecule has 3 aliphatic rings. The number of nitrogens with zero attached hydrogens (tertiary/aromatic N) is 2. The standard InChI is InChI=1S/C30H28N4O3/c1-19-9-14-26(29(35)32-19)34-17-24-23(30(34)36)6-4-8-27(24)37-18-21-12-10-20(11-13-21)15-28-31-16-22-5-2-3-7-25(22)33-28/h2-8,10-13,26H,1,9,14-18H2,(H,31,33)(H,32,35). The molecular weight excluding hydrogens is 464 g/mol. The highest BCUT2D eigenvalue weighted by Gasteiger charge is 2.39. The van der Waals surface area contributed by atoms with Crippen LogP contribution in [0.2, 0.25) is 0 Å². The summed E-state index contributed by atoms with van der Waals surface area (Å²) < 4.78 is 6.16. The van der Waals surface area contributed by atoms with E-state index in [9.17, 15) is 9.59 Å². The van der Waals surface area contributed by atoms with Crippen LogP contribution in [0, 0.1) is 0 Å². The lowest BCUT2D eigenvalue weighted by atomic mass is 10.0. The van der Waals surface area contributed by atoms with Crippen LogP contribution in [-0.2, 0) is 30.9 Å². The van der Waals surface area contributed by atoms with E-state index in [2.05, 4.69) is 58.6 Å². The molecule has 0 radical (unpaired) electrons. The van der Waals surface area contributed by atoms with Crippen molar-refractivity contribution in [3.63, 3.8) is 0 Å². The summed E-state index contributed by atoms with van der Waals surface area (Å²) in [6.45, 7) is 5.29. The van der Waals surface area contributed by atoms with E-state index < -0.39 is 6.04 Å². The van der Waals surface area contributed by atoms with Gasteiger partial charge < -0.3 is 20.3 Å². The van der Waals surface area contributed by atoms with Crippen molar-refractivity contribution in [1.29, 1.82) is 0 Å². The lowest BCUT2D eigenvalue weighted by Crippen LogP contribution is -2.49. The van der Waals surface area contributed by atoms with Crippen LogP contribution in [0.5, 0.6) is 5.75 Å². The maximum atomic E-state index is 13.1. The maximum Gasteiger partial charge on any atom is 0.255 e. The smallest absolute Gasteiger partial charge is 0.255 e. The van der Waals surface area contributed by atoms with Crippen molar-refractivity contribution in [2.24, 2.45) is 4.99 Å². The summed E-state index contributed by atoms with van der Waals surface area (Å²) in [7, 11) is 0. The van der Waals surface area contributed by atoms with E-state index in [0.29, 0.717) is 49.5 Å². The highest BCUT2D eigenvalue weighted by Crippen LogP contribution is 2.34. The minimum Gasteiger partial charge on any atom is -0.489 e. The van der Waals surface area contributed by atoms with Gasteiger partial charge in [-0.3, -0.25) is 14.6 Å². The number of aliphatic imine (C=N–C) groups is 1. The van der Waals surface area contributed by atoms with Gasteiger partial charge in [0.15, 0.2) is 0 Å². The lowest BCUT2D eigenvalue weighted by molar-refractivity contribution is -0.126. The number of amidine groups is 1. The molecule has 3 aromatic rings. The van der Waals surface area contributed by atoms with Gasteiger partial charge in [-0.15, -0.1) is 0 Å².